The molecule has 19 heavy (non-hydrogen) atoms. The highest BCUT2D eigenvalue weighted by atomic mass is 35.5. The molecule has 0 aromatic carbocycles. The lowest BCUT2D eigenvalue weighted by Crippen LogP contribution is -2.17. The summed E-state index contributed by atoms with van der Waals surface area (Å²) >= 11 is 7.88. The second-order valence-electron chi connectivity index (χ2n) is 4.52. The molecule has 0 aliphatic heterocycles. The van der Waals surface area contributed by atoms with Gasteiger partial charge in [-0.2, -0.15) is 4.98 Å². The van der Waals surface area contributed by atoms with Gasteiger partial charge in [-0.05, 0) is 17.4 Å². The summed E-state index contributed by atoms with van der Waals surface area (Å²) in [7, 11) is 1.78. The van der Waals surface area contributed by atoms with Crippen molar-refractivity contribution < 1.29 is 0 Å². The maximum absolute atomic E-state index is 6.15. The predicted molar refractivity (Wildman–Crippen MR) is 82.1 cm³/mol. The van der Waals surface area contributed by atoms with Gasteiger partial charge in [0.05, 0.1) is 12.2 Å². The highest BCUT2D eigenvalue weighted by Crippen LogP contribution is 2.31. The molecular formula is C13H17ClN4S. The smallest absolute Gasteiger partial charge is 0.224 e. The summed E-state index contributed by atoms with van der Waals surface area (Å²) in [4.78, 5) is 9.72. The van der Waals surface area contributed by atoms with Gasteiger partial charge < -0.3 is 10.6 Å². The number of hydrogen-bond donors (Lipinski definition) is 2. The van der Waals surface area contributed by atoms with Crippen LogP contribution in [0.1, 0.15) is 24.8 Å². The average molecular weight is 297 g/mol. The Morgan fingerprint density at radius 1 is 1.37 bits per heavy atom. The van der Waals surface area contributed by atoms with E-state index in [1.165, 1.54) is 4.88 Å². The van der Waals surface area contributed by atoms with Gasteiger partial charge in [0, 0.05) is 11.9 Å². The second kappa shape index (κ2) is 6.21. The molecule has 0 saturated carbocycles. The van der Waals surface area contributed by atoms with E-state index in [1.807, 2.05) is 0 Å². The van der Waals surface area contributed by atoms with E-state index in [0.29, 0.717) is 22.7 Å². The molecule has 6 heteroatoms. The minimum Gasteiger partial charge on any atom is -0.361 e. The summed E-state index contributed by atoms with van der Waals surface area (Å²) in [6, 6.07) is 4.37. The fourth-order valence-corrected chi connectivity index (χ4v) is 2.87. The third-order valence-corrected chi connectivity index (χ3v) is 4.01. The molecule has 2 aromatic rings. The van der Waals surface area contributed by atoms with Crippen LogP contribution in [0.3, 0.4) is 0 Å². The van der Waals surface area contributed by atoms with Crippen molar-refractivity contribution in [2.45, 2.75) is 19.9 Å². The fraction of sp³-hybridized carbons (Fsp3) is 0.385. The zero-order chi connectivity index (χ0) is 13.8. The van der Waals surface area contributed by atoms with Crippen molar-refractivity contribution in [1.29, 1.82) is 0 Å². The topological polar surface area (TPSA) is 49.8 Å². The van der Waals surface area contributed by atoms with Crippen LogP contribution in [-0.2, 0) is 0 Å². The third kappa shape index (κ3) is 3.36. The lowest BCUT2D eigenvalue weighted by molar-refractivity contribution is 0.552. The third-order valence-electron chi connectivity index (χ3n) is 2.78. The average Bonchev–Trinajstić information content (AvgIpc) is 2.91. The molecule has 0 spiro atoms. The Labute approximate surface area is 122 Å². The van der Waals surface area contributed by atoms with Crippen LogP contribution in [0.25, 0.3) is 0 Å². The van der Waals surface area contributed by atoms with E-state index in [0.717, 1.165) is 0 Å². The minimum atomic E-state index is 0.192. The molecule has 0 fully saturated rings. The molecule has 0 aliphatic carbocycles. The van der Waals surface area contributed by atoms with Crippen molar-refractivity contribution >= 4 is 34.7 Å². The van der Waals surface area contributed by atoms with E-state index in [9.17, 15) is 0 Å². The number of hydrogen-bond acceptors (Lipinski definition) is 5. The highest BCUT2D eigenvalue weighted by Gasteiger charge is 2.18. The van der Waals surface area contributed by atoms with Crippen molar-refractivity contribution in [2.24, 2.45) is 5.92 Å². The number of halogens is 1. The molecule has 2 heterocycles. The molecule has 102 valence electrons. The van der Waals surface area contributed by atoms with Gasteiger partial charge in [-0.25, -0.2) is 4.98 Å². The van der Waals surface area contributed by atoms with Gasteiger partial charge in [0.1, 0.15) is 5.02 Å². The number of thiophene rings is 1. The van der Waals surface area contributed by atoms with Gasteiger partial charge in [0.2, 0.25) is 5.95 Å². The van der Waals surface area contributed by atoms with E-state index in [1.54, 1.807) is 24.6 Å². The molecule has 0 aliphatic rings. The van der Waals surface area contributed by atoms with Gasteiger partial charge in [-0.1, -0.05) is 31.5 Å². The number of aromatic nitrogens is 2. The lowest BCUT2D eigenvalue weighted by Gasteiger charge is -2.22. The summed E-state index contributed by atoms with van der Waals surface area (Å²) in [5.41, 5.74) is 0. The first kappa shape index (κ1) is 14.1. The van der Waals surface area contributed by atoms with Crippen molar-refractivity contribution in [3.8, 4) is 0 Å². The first-order valence-electron chi connectivity index (χ1n) is 6.12. The molecule has 0 bridgehead atoms. The summed E-state index contributed by atoms with van der Waals surface area (Å²) in [5.74, 6) is 1.65. The minimum absolute atomic E-state index is 0.192. The zero-order valence-electron chi connectivity index (χ0n) is 11.1. The number of anilines is 2. The van der Waals surface area contributed by atoms with Crippen LogP contribution in [0.5, 0.6) is 0 Å². The molecule has 1 atom stereocenters. The van der Waals surface area contributed by atoms with E-state index in [4.69, 9.17) is 11.6 Å². The lowest BCUT2D eigenvalue weighted by atomic mass is 10.0. The van der Waals surface area contributed by atoms with Crippen LogP contribution in [0, 0.1) is 5.92 Å². The number of rotatable bonds is 5. The first-order chi connectivity index (χ1) is 9.11. The number of nitrogens with zero attached hydrogens (tertiary/aromatic N) is 2. The number of nitrogens with one attached hydrogen (secondary N) is 2. The van der Waals surface area contributed by atoms with E-state index in [-0.39, 0.29) is 6.04 Å². The summed E-state index contributed by atoms with van der Waals surface area (Å²) in [6.45, 7) is 4.34. The Balaban J connectivity index is 2.27. The molecule has 2 N–H and O–H groups in total. The van der Waals surface area contributed by atoms with Crippen molar-refractivity contribution in [3.63, 3.8) is 0 Å². The van der Waals surface area contributed by atoms with Crippen molar-refractivity contribution in [1.82, 2.24) is 9.97 Å². The van der Waals surface area contributed by atoms with Gasteiger partial charge >= 0.3 is 0 Å². The van der Waals surface area contributed by atoms with E-state index in [2.05, 4.69) is 52.0 Å². The molecule has 4 nitrogen and oxygen atoms in total. The summed E-state index contributed by atoms with van der Waals surface area (Å²) in [6.07, 6.45) is 1.61. The molecule has 2 rings (SSSR count). The van der Waals surface area contributed by atoms with Crippen LogP contribution in [0.4, 0.5) is 11.8 Å². The Bertz CT molecular complexity index is 527. The van der Waals surface area contributed by atoms with Gasteiger partial charge in [-0.3, -0.25) is 0 Å². The predicted octanol–water partition coefficient (Wildman–Crippen LogP) is 4.04. The SMILES string of the molecule is CNc1ncc(Cl)c(NC(c2cccs2)C(C)C)n1. The molecule has 0 amide bonds. The maximum Gasteiger partial charge on any atom is 0.224 e. The van der Waals surface area contributed by atoms with E-state index >= 15 is 0 Å². The monoisotopic (exact) mass is 296 g/mol. The van der Waals surface area contributed by atoms with E-state index < -0.39 is 0 Å². The zero-order valence-corrected chi connectivity index (χ0v) is 12.7. The Morgan fingerprint density at radius 2 is 2.16 bits per heavy atom. The van der Waals surface area contributed by atoms with Crippen molar-refractivity contribution in [2.75, 3.05) is 17.7 Å². The normalized spacial score (nSPS) is 12.5. The molecular weight excluding hydrogens is 280 g/mol. The Morgan fingerprint density at radius 3 is 2.74 bits per heavy atom. The van der Waals surface area contributed by atoms with Crippen LogP contribution in [-0.4, -0.2) is 17.0 Å². The molecule has 2 aromatic heterocycles. The summed E-state index contributed by atoms with van der Waals surface area (Å²) < 4.78 is 0. The van der Waals surface area contributed by atoms with Crippen LogP contribution < -0.4 is 10.6 Å². The molecule has 0 saturated heterocycles. The Kier molecular flexibility index (Phi) is 4.61. The fourth-order valence-electron chi connectivity index (χ4n) is 1.77. The molecule has 1 unspecified atom stereocenters. The van der Waals surface area contributed by atoms with Gasteiger partial charge in [-0.15, -0.1) is 11.3 Å². The maximum atomic E-state index is 6.15. The molecule has 0 radical (unpaired) electrons. The van der Waals surface area contributed by atoms with Crippen LogP contribution in [0.2, 0.25) is 5.02 Å². The standard InChI is InChI=1S/C13H17ClN4S/c1-8(2)11(10-5-4-6-19-10)17-12-9(14)7-16-13(15-3)18-12/h4-8,11H,1-3H3,(H2,15,16,17,18). The van der Waals surface area contributed by atoms with Gasteiger partial charge in [0.15, 0.2) is 5.82 Å². The summed E-state index contributed by atoms with van der Waals surface area (Å²) in [5, 5.41) is 8.93. The first-order valence-corrected chi connectivity index (χ1v) is 7.37. The largest absolute Gasteiger partial charge is 0.361 e. The van der Waals surface area contributed by atoms with Crippen LogP contribution >= 0.6 is 22.9 Å². The second-order valence-corrected chi connectivity index (χ2v) is 5.91. The van der Waals surface area contributed by atoms with Crippen LogP contribution in [0.15, 0.2) is 23.7 Å². The Hall–Kier alpha value is -1.33. The quantitative estimate of drug-likeness (QED) is 0.874. The van der Waals surface area contributed by atoms with Gasteiger partial charge in [0.25, 0.3) is 0 Å². The van der Waals surface area contributed by atoms with Crippen molar-refractivity contribution in [3.05, 3.63) is 33.6 Å². The highest BCUT2D eigenvalue weighted by molar-refractivity contribution is 7.10.